The van der Waals surface area contributed by atoms with Crippen LogP contribution in [0.25, 0.3) is 0 Å². The topological polar surface area (TPSA) is 15.3 Å². The molecule has 0 amide bonds. The van der Waals surface area contributed by atoms with Gasteiger partial charge in [-0.3, -0.25) is 0 Å². The Morgan fingerprint density at radius 2 is 2.00 bits per heavy atom. The predicted molar refractivity (Wildman–Crippen MR) is 78.1 cm³/mol. The molecule has 0 aliphatic rings. The molecule has 0 atom stereocenters. The average molecular weight is 299 g/mol. The molecule has 1 N–H and O–H groups in total. The minimum atomic E-state index is 0.700. The minimum absolute atomic E-state index is 0.700. The molecule has 17 heavy (non-hydrogen) atoms. The third-order valence-electron chi connectivity index (χ3n) is 2.49. The van der Waals surface area contributed by atoms with E-state index in [9.17, 15) is 0 Å². The van der Waals surface area contributed by atoms with E-state index in [2.05, 4.69) is 72.3 Å². The molecule has 0 bridgehead atoms. The Labute approximate surface area is 114 Å². The van der Waals surface area contributed by atoms with Gasteiger partial charge in [-0.05, 0) is 43.8 Å². The van der Waals surface area contributed by atoms with E-state index in [1.165, 1.54) is 15.6 Å². The summed E-state index contributed by atoms with van der Waals surface area (Å²) >= 11 is 3.64. The molecule has 0 radical (unpaired) electrons. The van der Waals surface area contributed by atoms with Crippen molar-refractivity contribution in [2.24, 2.45) is 5.92 Å². The van der Waals surface area contributed by atoms with Crippen molar-refractivity contribution in [1.82, 2.24) is 10.2 Å². The van der Waals surface area contributed by atoms with Crippen molar-refractivity contribution in [2.45, 2.75) is 26.9 Å². The van der Waals surface area contributed by atoms with Gasteiger partial charge in [0.05, 0.1) is 0 Å². The Hall–Kier alpha value is -0.380. The highest BCUT2D eigenvalue weighted by molar-refractivity contribution is 9.10. The van der Waals surface area contributed by atoms with Crippen molar-refractivity contribution in [1.29, 1.82) is 0 Å². The number of nitrogens with zero attached hydrogens (tertiary/aromatic N) is 1. The van der Waals surface area contributed by atoms with Crippen LogP contribution in [0.1, 0.15) is 25.0 Å². The maximum Gasteiger partial charge on any atom is 0.0238 e. The Morgan fingerprint density at radius 1 is 1.29 bits per heavy atom. The van der Waals surface area contributed by atoms with E-state index < -0.39 is 0 Å². The van der Waals surface area contributed by atoms with Crippen LogP contribution in [0.5, 0.6) is 0 Å². The van der Waals surface area contributed by atoms with Crippen LogP contribution in [-0.2, 0) is 13.1 Å². The van der Waals surface area contributed by atoms with E-state index in [4.69, 9.17) is 0 Å². The Balaban J connectivity index is 2.56. The highest BCUT2D eigenvalue weighted by Crippen LogP contribution is 2.19. The van der Waals surface area contributed by atoms with Crippen molar-refractivity contribution in [2.75, 3.05) is 20.6 Å². The molecule has 0 saturated heterocycles. The molecule has 0 saturated carbocycles. The first-order valence-corrected chi connectivity index (χ1v) is 6.91. The van der Waals surface area contributed by atoms with Crippen LogP contribution in [0, 0.1) is 5.92 Å². The van der Waals surface area contributed by atoms with E-state index in [-0.39, 0.29) is 0 Å². The first-order chi connectivity index (χ1) is 7.99. The van der Waals surface area contributed by atoms with Gasteiger partial charge in [0.1, 0.15) is 0 Å². The number of nitrogens with one attached hydrogen (secondary N) is 1. The molecule has 0 spiro atoms. The van der Waals surface area contributed by atoms with Crippen LogP contribution in [0.4, 0.5) is 0 Å². The zero-order valence-corrected chi connectivity index (χ0v) is 12.8. The van der Waals surface area contributed by atoms with Gasteiger partial charge in [-0.15, -0.1) is 0 Å². The third kappa shape index (κ3) is 5.66. The van der Waals surface area contributed by atoms with Gasteiger partial charge in [-0.25, -0.2) is 0 Å². The van der Waals surface area contributed by atoms with Crippen LogP contribution >= 0.6 is 15.9 Å². The van der Waals surface area contributed by atoms with Gasteiger partial charge in [-0.2, -0.15) is 0 Å². The first kappa shape index (κ1) is 14.7. The molecule has 0 heterocycles. The Bertz CT molecular complexity index is 348. The molecular weight excluding hydrogens is 276 g/mol. The third-order valence-corrected chi connectivity index (χ3v) is 3.22. The maximum atomic E-state index is 3.64. The molecule has 0 unspecified atom stereocenters. The number of hydrogen-bond acceptors (Lipinski definition) is 2. The quantitative estimate of drug-likeness (QED) is 0.867. The van der Waals surface area contributed by atoms with Gasteiger partial charge in [0.15, 0.2) is 0 Å². The highest BCUT2D eigenvalue weighted by Gasteiger charge is 2.03. The van der Waals surface area contributed by atoms with Crippen LogP contribution in [0.2, 0.25) is 0 Å². The van der Waals surface area contributed by atoms with Gasteiger partial charge in [-0.1, -0.05) is 41.9 Å². The molecular formula is C14H23BrN2. The lowest BCUT2D eigenvalue weighted by molar-refractivity contribution is 0.401. The summed E-state index contributed by atoms with van der Waals surface area (Å²) in [4.78, 5) is 2.18. The summed E-state index contributed by atoms with van der Waals surface area (Å²) in [6.07, 6.45) is 0. The first-order valence-electron chi connectivity index (χ1n) is 6.11. The molecule has 1 rings (SSSR count). The highest BCUT2D eigenvalue weighted by atomic mass is 79.9. The molecule has 1 aromatic rings. The molecule has 0 aliphatic heterocycles. The predicted octanol–water partition coefficient (Wildman–Crippen LogP) is 3.26. The van der Waals surface area contributed by atoms with Crippen LogP contribution in [-0.4, -0.2) is 25.5 Å². The second-order valence-corrected chi connectivity index (χ2v) is 6.04. The van der Waals surface area contributed by atoms with Crippen molar-refractivity contribution in [3.63, 3.8) is 0 Å². The normalized spacial score (nSPS) is 11.5. The molecule has 0 aliphatic carbocycles. The zero-order valence-electron chi connectivity index (χ0n) is 11.3. The second-order valence-electron chi connectivity index (χ2n) is 5.19. The van der Waals surface area contributed by atoms with Gasteiger partial charge < -0.3 is 10.2 Å². The van der Waals surface area contributed by atoms with E-state index in [0.29, 0.717) is 5.92 Å². The molecule has 0 aromatic heterocycles. The number of halogens is 1. The zero-order chi connectivity index (χ0) is 12.8. The van der Waals surface area contributed by atoms with E-state index in [0.717, 1.165) is 19.6 Å². The summed E-state index contributed by atoms with van der Waals surface area (Å²) in [6, 6.07) is 6.62. The lowest BCUT2D eigenvalue weighted by Gasteiger charge is -2.13. The Morgan fingerprint density at radius 3 is 2.53 bits per heavy atom. The molecule has 2 nitrogen and oxygen atoms in total. The van der Waals surface area contributed by atoms with Crippen LogP contribution in [0.3, 0.4) is 0 Å². The van der Waals surface area contributed by atoms with Gasteiger partial charge in [0.25, 0.3) is 0 Å². The standard InChI is InChI=1S/C14H23BrN2/c1-11(2)8-16-9-12-5-6-13(10-17(3)4)14(15)7-12/h5-7,11,16H,8-10H2,1-4H3. The fraction of sp³-hybridized carbons (Fsp3) is 0.571. The Kier molecular flexibility index (Phi) is 6.17. The molecule has 96 valence electrons. The maximum absolute atomic E-state index is 3.64. The summed E-state index contributed by atoms with van der Waals surface area (Å²) in [6.45, 7) is 7.43. The van der Waals surface area contributed by atoms with Gasteiger partial charge in [0, 0.05) is 17.6 Å². The molecule has 0 fully saturated rings. The summed E-state index contributed by atoms with van der Waals surface area (Å²) in [5.41, 5.74) is 2.67. The monoisotopic (exact) mass is 298 g/mol. The number of rotatable bonds is 6. The fourth-order valence-electron chi connectivity index (χ4n) is 1.67. The largest absolute Gasteiger partial charge is 0.312 e. The summed E-state index contributed by atoms with van der Waals surface area (Å²) in [5.74, 6) is 0.700. The lowest BCUT2D eigenvalue weighted by Crippen LogP contribution is -2.19. The number of hydrogen-bond donors (Lipinski definition) is 1. The average Bonchev–Trinajstić information content (AvgIpc) is 2.21. The smallest absolute Gasteiger partial charge is 0.0238 e. The van der Waals surface area contributed by atoms with Crippen LogP contribution in [0.15, 0.2) is 22.7 Å². The molecule has 3 heteroatoms. The fourth-order valence-corrected chi connectivity index (χ4v) is 2.23. The summed E-state index contributed by atoms with van der Waals surface area (Å²) < 4.78 is 1.20. The summed E-state index contributed by atoms with van der Waals surface area (Å²) in [7, 11) is 4.18. The van der Waals surface area contributed by atoms with Crippen molar-refractivity contribution in [3.05, 3.63) is 33.8 Å². The van der Waals surface area contributed by atoms with Crippen molar-refractivity contribution >= 4 is 15.9 Å². The van der Waals surface area contributed by atoms with E-state index in [1.807, 2.05) is 0 Å². The van der Waals surface area contributed by atoms with E-state index in [1.54, 1.807) is 0 Å². The lowest BCUT2D eigenvalue weighted by atomic mass is 10.1. The summed E-state index contributed by atoms with van der Waals surface area (Å²) in [5, 5.41) is 3.46. The van der Waals surface area contributed by atoms with Crippen LogP contribution < -0.4 is 5.32 Å². The van der Waals surface area contributed by atoms with Gasteiger partial charge in [0.2, 0.25) is 0 Å². The number of benzene rings is 1. The SMILES string of the molecule is CC(C)CNCc1ccc(CN(C)C)c(Br)c1. The minimum Gasteiger partial charge on any atom is -0.312 e. The molecule has 1 aromatic carbocycles. The second kappa shape index (κ2) is 7.14. The van der Waals surface area contributed by atoms with Gasteiger partial charge >= 0.3 is 0 Å². The van der Waals surface area contributed by atoms with Crippen molar-refractivity contribution in [3.8, 4) is 0 Å². The van der Waals surface area contributed by atoms with E-state index >= 15 is 0 Å². The van der Waals surface area contributed by atoms with Crippen molar-refractivity contribution < 1.29 is 0 Å².